The van der Waals surface area contributed by atoms with E-state index in [9.17, 15) is 9.59 Å². The Labute approximate surface area is 145 Å². The summed E-state index contributed by atoms with van der Waals surface area (Å²) in [4.78, 5) is 27.3. The average Bonchev–Trinajstić information content (AvgIpc) is 2.62. The van der Waals surface area contributed by atoms with Gasteiger partial charge in [0.05, 0.1) is 12.0 Å². The number of rotatable bonds is 3. The van der Waals surface area contributed by atoms with Gasteiger partial charge in [0, 0.05) is 31.7 Å². The molecule has 0 aromatic carbocycles. The molecule has 2 saturated heterocycles. The highest BCUT2D eigenvalue weighted by Crippen LogP contribution is 2.26. The molecular weight excluding hydrogens is 304 g/mol. The van der Waals surface area contributed by atoms with Crippen LogP contribution in [0.4, 0.5) is 0 Å². The molecule has 3 rings (SSSR count). The van der Waals surface area contributed by atoms with Gasteiger partial charge in [-0.25, -0.2) is 0 Å². The minimum absolute atomic E-state index is 0.0260. The van der Waals surface area contributed by atoms with Gasteiger partial charge < -0.3 is 15.0 Å². The summed E-state index contributed by atoms with van der Waals surface area (Å²) in [7, 11) is 0. The van der Waals surface area contributed by atoms with Gasteiger partial charge in [-0.2, -0.15) is 0 Å². The van der Waals surface area contributed by atoms with Crippen LogP contribution in [0.1, 0.15) is 64.7 Å². The second-order valence-electron chi connectivity index (χ2n) is 7.87. The van der Waals surface area contributed by atoms with Crippen LogP contribution in [0.25, 0.3) is 0 Å². The first kappa shape index (κ1) is 17.7. The molecule has 0 radical (unpaired) electrons. The fourth-order valence-corrected chi connectivity index (χ4v) is 4.44. The van der Waals surface area contributed by atoms with E-state index in [0.29, 0.717) is 19.2 Å². The van der Waals surface area contributed by atoms with Gasteiger partial charge in [0.1, 0.15) is 0 Å². The maximum Gasteiger partial charge on any atom is 0.225 e. The van der Waals surface area contributed by atoms with Crippen LogP contribution in [0.2, 0.25) is 0 Å². The van der Waals surface area contributed by atoms with Crippen LogP contribution >= 0.6 is 0 Å². The van der Waals surface area contributed by atoms with Gasteiger partial charge in [-0.1, -0.05) is 19.3 Å². The molecule has 3 aliphatic rings. The molecular formula is C19H32N2O3. The summed E-state index contributed by atoms with van der Waals surface area (Å²) in [6, 6.07) is 0.355. The molecule has 0 aromatic rings. The SMILES string of the molecule is C[C@@H]1C[C@H](C(=O)N2CCC[C@H](C(=O)NC3CCCCC3)C2)CCO1. The lowest BCUT2D eigenvalue weighted by Gasteiger charge is -2.37. The maximum absolute atomic E-state index is 12.8. The lowest BCUT2D eigenvalue weighted by molar-refractivity contribution is -0.143. The van der Waals surface area contributed by atoms with E-state index in [1.54, 1.807) is 0 Å². The number of amides is 2. The highest BCUT2D eigenvalue weighted by molar-refractivity contribution is 5.82. The second-order valence-corrected chi connectivity index (χ2v) is 7.87. The first-order valence-corrected chi connectivity index (χ1v) is 9.84. The van der Waals surface area contributed by atoms with Crippen LogP contribution in [0, 0.1) is 11.8 Å². The fraction of sp³-hybridized carbons (Fsp3) is 0.895. The Morgan fingerprint density at radius 2 is 1.79 bits per heavy atom. The van der Waals surface area contributed by atoms with Gasteiger partial charge in [-0.05, 0) is 45.4 Å². The normalized spacial score (nSPS) is 32.4. The van der Waals surface area contributed by atoms with Crippen molar-refractivity contribution < 1.29 is 14.3 Å². The monoisotopic (exact) mass is 336 g/mol. The number of nitrogens with zero attached hydrogens (tertiary/aromatic N) is 1. The van der Waals surface area contributed by atoms with Crippen molar-refractivity contribution in [3.05, 3.63) is 0 Å². The summed E-state index contributed by atoms with van der Waals surface area (Å²) in [6.07, 6.45) is 9.61. The molecule has 0 aromatic heterocycles. The lowest BCUT2D eigenvalue weighted by Crippen LogP contribution is -2.49. The Bertz CT molecular complexity index is 448. The van der Waals surface area contributed by atoms with Gasteiger partial charge in [0.25, 0.3) is 0 Å². The van der Waals surface area contributed by atoms with Crippen molar-refractivity contribution in [2.45, 2.75) is 76.9 Å². The average molecular weight is 336 g/mol. The summed E-state index contributed by atoms with van der Waals surface area (Å²) in [5.41, 5.74) is 0. The summed E-state index contributed by atoms with van der Waals surface area (Å²) in [5.74, 6) is 0.454. The largest absolute Gasteiger partial charge is 0.378 e. The molecule has 1 saturated carbocycles. The Morgan fingerprint density at radius 1 is 1.00 bits per heavy atom. The Hall–Kier alpha value is -1.10. The molecule has 3 fully saturated rings. The number of hydrogen-bond acceptors (Lipinski definition) is 3. The Kier molecular flexibility index (Phi) is 6.14. The molecule has 5 nitrogen and oxygen atoms in total. The van der Waals surface area contributed by atoms with Crippen molar-refractivity contribution in [1.29, 1.82) is 0 Å². The molecule has 136 valence electrons. The van der Waals surface area contributed by atoms with Gasteiger partial charge in [-0.3, -0.25) is 9.59 Å². The van der Waals surface area contributed by atoms with E-state index < -0.39 is 0 Å². The van der Waals surface area contributed by atoms with E-state index in [4.69, 9.17) is 4.74 Å². The summed E-state index contributed by atoms with van der Waals surface area (Å²) >= 11 is 0. The van der Waals surface area contributed by atoms with Crippen LogP contribution in [0.15, 0.2) is 0 Å². The minimum atomic E-state index is -0.0260. The first-order valence-electron chi connectivity index (χ1n) is 9.84. The number of carbonyl (C=O) groups is 2. The number of piperidine rings is 1. The van der Waals surface area contributed by atoms with E-state index in [1.165, 1.54) is 19.3 Å². The quantitative estimate of drug-likeness (QED) is 0.861. The molecule has 24 heavy (non-hydrogen) atoms. The molecule has 0 bridgehead atoms. The summed E-state index contributed by atoms with van der Waals surface area (Å²) in [6.45, 7) is 4.12. The standard InChI is InChI=1S/C19H32N2O3/c1-14-12-15(9-11-24-14)19(23)21-10-5-6-16(13-21)18(22)20-17-7-3-2-4-8-17/h14-17H,2-13H2,1H3,(H,20,22)/t14-,15-,16+/m1/s1. The van der Waals surface area contributed by atoms with Crippen LogP contribution in [-0.2, 0) is 14.3 Å². The highest BCUT2D eigenvalue weighted by atomic mass is 16.5. The summed E-state index contributed by atoms with van der Waals surface area (Å²) in [5, 5.41) is 3.24. The fourth-order valence-electron chi connectivity index (χ4n) is 4.44. The van der Waals surface area contributed by atoms with Crippen molar-refractivity contribution in [3.8, 4) is 0 Å². The topological polar surface area (TPSA) is 58.6 Å². The molecule has 5 heteroatoms. The highest BCUT2D eigenvalue weighted by Gasteiger charge is 2.34. The van der Waals surface area contributed by atoms with Crippen LogP contribution in [0.3, 0.4) is 0 Å². The third-order valence-electron chi connectivity index (χ3n) is 5.89. The number of nitrogens with one attached hydrogen (secondary N) is 1. The number of likely N-dealkylation sites (tertiary alicyclic amines) is 1. The van der Waals surface area contributed by atoms with Gasteiger partial charge in [0.2, 0.25) is 11.8 Å². The van der Waals surface area contributed by atoms with Crippen molar-refractivity contribution >= 4 is 11.8 Å². The predicted molar refractivity (Wildman–Crippen MR) is 92.5 cm³/mol. The number of hydrogen-bond donors (Lipinski definition) is 1. The smallest absolute Gasteiger partial charge is 0.225 e. The van der Waals surface area contributed by atoms with E-state index in [0.717, 1.165) is 45.1 Å². The Balaban J connectivity index is 1.51. The lowest BCUT2D eigenvalue weighted by atomic mass is 9.90. The molecule has 1 N–H and O–H groups in total. The van der Waals surface area contributed by atoms with Crippen molar-refractivity contribution in [2.24, 2.45) is 11.8 Å². The van der Waals surface area contributed by atoms with E-state index >= 15 is 0 Å². The third kappa shape index (κ3) is 4.50. The zero-order chi connectivity index (χ0) is 16.9. The first-order chi connectivity index (χ1) is 11.6. The van der Waals surface area contributed by atoms with Crippen LogP contribution in [-0.4, -0.2) is 48.6 Å². The number of carbonyl (C=O) groups excluding carboxylic acids is 2. The van der Waals surface area contributed by atoms with Crippen molar-refractivity contribution in [1.82, 2.24) is 10.2 Å². The number of ether oxygens (including phenoxy) is 1. The molecule has 3 atom stereocenters. The molecule has 2 aliphatic heterocycles. The Morgan fingerprint density at radius 3 is 2.54 bits per heavy atom. The van der Waals surface area contributed by atoms with Crippen LogP contribution in [0.5, 0.6) is 0 Å². The molecule has 1 aliphatic carbocycles. The van der Waals surface area contributed by atoms with Crippen molar-refractivity contribution in [2.75, 3.05) is 19.7 Å². The zero-order valence-corrected chi connectivity index (χ0v) is 15.0. The zero-order valence-electron chi connectivity index (χ0n) is 15.0. The molecule has 2 amide bonds. The molecule has 0 unspecified atom stereocenters. The van der Waals surface area contributed by atoms with Crippen molar-refractivity contribution in [3.63, 3.8) is 0 Å². The van der Waals surface area contributed by atoms with Gasteiger partial charge in [-0.15, -0.1) is 0 Å². The predicted octanol–water partition coefficient (Wildman–Crippen LogP) is 2.49. The molecule has 0 spiro atoms. The van der Waals surface area contributed by atoms with E-state index in [1.807, 2.05) is 11.8 Å². The van der Waals surface area contributed by atoms with Gasteiger partial charge >= 0.3 is 0 Å². The van der Waals surface area contributed by atoms with Gasteiger partial charge in [0.15, 0.2) is 0 Å². The van der Waals surface area contributed by atoms with E-state index in [-0.39, 0.29) is 29.8 Å². The maximum atomic E-state index is 12.8. The van der Waals surface area contributed by atoms with Crippen LogP contribution < -0.4 is 5.32 Å². The minimum Gasteiger partial charge on any atom is -0.378 e. The second kappa shape index (κ2) is 8.32. The van der Waals surface area contributed by atoms with E-state index in [2.05, 4.69) is 5.32 Å². The third-order valence-corrected chi connectivity index (χ3v) is 5.89. The molecule has 2 heterocycles. The summed E-state index contributed by atoms with van der Waals surface area (Å²) < 4.78 is 5.55.